The van der Waals surface area contributed by atoms with Crippen LogP contribution in [0.1, 0.15) is 15.9 Å². The van der Waals surface area contributed by atoms with Gasteiger partial charge >= 0.3 is 0 Å². The van der Waals surface area contributed by atoms with E-state index in [0.29, 0.717) is 10.8 Å². The fourth-order valence-electron chi connectivity index (χ4n) is 2.97. The minimum Gasteiger partial charge on any atom is -0.352 e. The second-order valence-corrected chi connectivity index (χ2v) is 10.1. The van der Waals surface area contributed by atoms with Crippen LogP contribution in [-0.2, 0) is 14.8 Å². The predicted octanol–water partition coefficient (Wildman–Crippen LogP) is 3.28. The fourth-order valence-corrected chi connectivity index (χ4v) is 4.89. The highest BCUT2D eigenvalue weighted by atomic mass is 32.2. The summed E-state index contributed by atoms with van der Waals surface area (Å²) in [6.07, 6.45) is 0. The molecule has 4 aromatic rings. The maximum atomic E-state index is 12.5. The van der Waals surface area contributed by atoms with Gasteiger partial charge in [0.05, 0.1) is 21.7 Å². The van der Waals surface area contributed by atoms with Gasteiger partial charge in [0.1, 0.15) is 0 Å². The normalized spacial score (nSPS) is 11.1. The molecule has 0 aliphatic heterocycles. The third-order valence-corrected chi connectivity index (χ3v) is 7.13. The number of benzene rings is 3. The number of sulfonamides is 1. The van der Waals surface area contributed by atoms with E-state index in [1.807, 2.05) is 31.2 Å². The van der Waals surface area contributed by atoms with Crippen molar-refractivity contribution in [2.75, 3.05) is 16.6 Å². The van der Waals surface area contributed by atoms with Crippen LogP contribution in [0.4, 0.5) is 10.8 Å². The molecule has 2 amide bonds. The van der Waals surface area contributed by atoms with E-state index < -0.39 is 21.8 Å². The summed E-state index contributed by atoms with van der Waals surface area (Å²) in [5.41, 5.74) is 7.09. The summed E-state index contributed by atoms with van der Waals surface area (Å²) >= 11 is 1.42. The number of amides is 2. The molecule has 0 saturated carbocycles. The van der Waals surface area contributed by atoms with Crippen molar-refractivity contribution in [1.82, 2.24) is 15.8 Å². The van der Waals surface area contributed by atoms with Crippen LogP contribution in [-0.4, -0.2) is 31.8 Å². The quantitative estimate of drug-likeness (QED) is 0.291. The first-order valence-corrected chi connectivity index (χ1v) is 12.5. The SMILES string of the molecule is Cc1ccc(NS(=O)(=O)c2ccc(C(=O)NNC(=O)CNc3nc4ccccc4s3)cc2)cc1. The number of carbonyl (C=O) groups excluding carboxylic acids is 2. The van der Waals surface area contributed by atoms with E-state index in [1.54, 1.807) is 24.3 Å². The largest absolute Gasteiger partial charge is 0.352 e. The highest BCUT2D eigenvalue weighted by Crippen LogP contribution is 2.25. The Kier molecular flexibility index (Phi) is 6.75. The number of thiazole rings is 1. The summed E-state index contributed by atoms with van der Waals surface area (Å²) in [6.45, 7) is 1.82. The molecule has 0 aliphatic carbocycles. The number of hydrogen-bond acceptors (Lipinski definition) is 7. The number of aromatic nitrogens is 1. The lowest BCUT2D eigenvalue weighted by Crippen LogP contribution is -2.44. The molecule has 0 spiro atoms. The molecule has 0 fully saturated rings. The second kappa shape index (κ2) is 9.89. The number of anilines is 2. The molecule has 0 saturated heterocycles. The van der Waals surface area contributed by atoms with Gasteiger partial charge in [-0.15, -0.1) is 0 Å². The second-order valence-electron chi connectivity index (χ2n) is 7.34. The van der Waals surface area contributed by atoms with E-state index in [1.165, 1.54) is 35.6 Å². The topological polar surface area (TPSA) is 129 Å². The van der Waals surface area contributed by atoms with Crippen LogP contribution in [0.2, 0.25) is 0 Å². The van der Waals surface area contributed by atoms with Crippen molar-refractivity contribution in [3.63, 3.8) is 0 Å². The fraction of sp³-hybridized carbons (Fsp3) is 0.0870. The number of rotatable bonds is 7. The third kappa shape index (κ3) is 5.69. The third-order valence-electron chi connectivity index (χ3n) is 4.74. The van der Waals surface area contributed by atoms with E-state index in [0.717, 1.165) is 15.8 Å². The van der Waals surface area contributed by atoms with Crippen molar-refractivity contribution >= 4 is 54.2 Å². The molecule has 0 radical (unpaired) electrons. The lowest BCUT2D eigenvalue weighted by Gasteiger charge is -2.10. The Labute approximate surface area is 200 Å². The van der Waals surface area contributed by atoms with Gasteiger partial charge in [0, 0.05) is 11.3 Å². The number of hydrogen-bond donors (Lipinski definition) is 4. The van der Waals surface area contributed by atoms with Gasteiger partial charge in [-0.05, 0) is 55.5 Å². The molecule has 1 heterocycles. The van der Waals surface area contributed by atoms with Crippen LogP contribution < -0.4 is 20.9 Å². The van der Waals surface area contributed by atoms with Gasteiger partial charge in [-0.1, -0.05) is 41.2 Å². The van der Waals surface area contributed by atoms with Crippen molar-refractivity contribution in [3.05, 3.63) is 83.9 Å². The molecule has 11 heteroatoms. The Hall–Kier alpha value is -3.96. The van der Waals surface area contributed by atoms with Crippen molar-refractivity contribution in [2.45, 2.75) is 11.8 Å². The van der Waals surface area contributed by atoms with Crippen LogP contribution in [0.25, 0.3) is 10.2 Å². The number of para-hydroxylation sites is 1. The van der Waals surface area contributed by atoms with Crippen molar-refractivity contribution < 1.29 is 18.0 Å². The summed E-state index contributed by atoms with van der Waals surface area (Å²) in [5.74, 6) is -1.04. The molecule has 0 atom stereocenters. The van der Waals surface area contributed by atoms with Crippen LogP contribution in [0.5, 0.6) is 0 Å². The summed E-state index contributed by atoms with van der Waals surface area (Å²) in [7, 11) is -3.80. The van der Waals surface area contributed by atoms with E-state index in [-0.39, 0.29) is 17.0 Å². The Morgan fingerprint density at radius 3 is 2.32 bits per heavy atom. The molecule has 0 unspecified atom stereocenters. The van der Waals surface area contributed by atoms with Crippen molar-refractivity contribution in [3.8, 4) is 0 Å². The Morgan fingerprint density at radius 2 is 1.62 bits per heavy atom. The minimum atomic E-state index is -3.80. The highest BCUT2D eigenvalue weighted by molar-refractivity contribution is 7.92. The molecule has 174 valence electrons. The van der Waals surface area contributed by atoms with Gasteiger partial charge in [0.15, 0.2) is 5.13 Å². The molecule has 3 aromatic carbocycles. The number of carbonyl (C=O) groups is 2. The summed E-state index contributed by atoms with van der Waals surface area (Å²) in [6, 6.07) is 19.9. The van der Waals surface area contributed by atoms with Gasteiger partial charge in [-0.2, -0.15) is 0 Å². The first-order chi connectivity index (χ1) is 16.3. The molecular formula is C23H21N5O4S2. The van der Waals surface area contributed by atoms with Gasteiger partial charge in [0.2, 0.25) is 0 Å². The monoisotopic (exact) mass is 495 g/mol. The number of nitrogens with one attached hydrogen (secondary N) is 4. The van der Waals surface area contributed by atoms with E-state index >= 15 is 0 Å². The van der Waals surface area contributed by atoms with Gasteiger partial charge < -0.3 is 5.32 Å². The van der Waals surface area contributed by atoms with Gasteiger partial charge in [0.25, 0.3) is 21.8 Å². The number of aryl methyl sites for hydroxylation is 1. The van der Waals surface area contributed by atoms with Crippen LogP contribution >= 0.6 is 11.3 Å². The van der Waals surface area contributed by atoms with Gasteiger partial charge in [-0.3, -0.25) is 25.2 Å². The van der Waals surface area contributed by atoms with Crippen molar-refractivity contribution in [2.24, 2.45) is 0 Å². The lowest BCUT2D eigenvalue weighted by atomic mass is 10.2. The molecule has 0 bridgehead atoms. The molecule has 4 N–H and O–H groups in total. The Bertz CT molecular complexity index is 1400. The highest BCUT2D eigenvalue weighted by Gasteiger charge is 2.15. The first-order valence-electron chi connectivity index (χ1n) is 10.2. The predicted molar refractivity (Wildman–Crippen MR) is 132 cm³/mol. The van der Waals surface area contributed by atoms with Crippen molar-refractivity contribution in [1.29, 1.82) is 0 Å². The molecule has 4 rings (SSSR count). The standard InChI is InChI=1S/C23H21N5O4S2/c1-15-6-10-17(11-7-15)28-34(31,32)18-12-8-16(9-13-18)22(30)27-26-21(29)14-24-23-25-19-4-2-3-5-20(19)33-23/h2-13,28H,14H2,1H3,(H,24,25)(H,26,29)(H,27,30). The molecular weight excluding hydrogens is 474 g/mol. The number of nitrogens with zero attached hydrogens (tertiary/aromatic N) is 1. The minimum absolute atomic E-state index is 0.00805. The smallest absolute Gasteiger partial charge is 0.269 e. The molecule has 9 nitrogen and oxygen atoms in total. The zero-order valence-corrected chi connectivity index (χ0v) is 19.7. The molecule has 34 heavy (non-hydrogen) atoms. The maximum absolute atomic E-state index is 12.5. The summed E-state index contributed by atoms with van der Waals surface area (Å²) in [5, 5.41) is 3.51. The van der Waals surface area contributed by atoms with E-state index in [4.69, 9.17) is 0 Å². The average Bonchev–Trinajstić information content (AvgIpc) is 3.26. The zero-order chi connectivity index (χ0) is 24.1. The van der Waals surface area contributed by atoms with Gasteiger partial charge in [-0.25, -0.2) is 13.4 Å². The number of hydrazine groups is 1. The van der Waals surface area contributed by atoms with E-state index in [9.17, 15) is 18.0 Å². The molecule has 1 aromatic heterocycles. The summed E-state index contributed by atoms with van der Waals surface area (Å²) in [4.78, 5) is 28.7. The van der Waals surface area contributed by atoms with Crippen LogP contribution in [0.3, 0.4) is 0 Å². The Morgan fingerprint density at radius 1 is 0.912 bits per heavy atom. The van der Waals surface area contributed by atoms with E-state index in [2.05, 4.69) is 25.9 Å². The lowest BCUT2D eigenvalue weighted by molar-refractivity contribution is -0.120. The first kappa shape index (κ1) is 23.2. The Balaban J connectivity index is 1.29. The average molecular weight is 496 g/mol. The summed E-state index contributed by atoms with van der Waals surface area (Å²) < 4.78 is 28.6. The maximum Gasteiger partial charge on any atom is 0.269 e. The number of fused-ring (bicyclic) bond motifs is 1. The van der Waals surface area contributed by atoms with Crippen LogP contribution in [0.15, 0.2) is 77.7 Å². The zero-order valence-electron chi connectivity index (χ0n) is 18.0. The van der Waals surface area contributed by atoms with Crippen LogP contribution in [0, 0.1) is 6.92 Å². The molecule has 0 aliphatic rings.